The molecule has 0 spiro atoms. The molecule has 0 bridgehead atoms. The van der Waals surface area contributed by atoms with E-state index in [4.69, 9.17) is 0 Å². The number of pyridine rings is 1. The van der Waals surface area contributed by atoms with Crippen molar-refractivity contribution in [2.75, 3.05) is 0 Å². The molecular weight excluding hydrogens is 366 g/mol. The Hall–Kier alpha value is -2.66. The molecule has 0 aliphatic heterocycles. The molecule has 5 heteroatoms. The largest absolute Gasteiger partial charge is 0.333 e. The van der Waals surface area contributed by atoms with Crippen LogP contribution in [0.5, 0.6) is 0 Å². The summed E-state index contributed by atoms with van der Waals surface area (Å²) in [6.07, 6.45) is 5.40. The summed E-state index contributed by atoms with van der Waals surface area (Å²) < 4.78 is 4.30. The summed E-state index contributed by atoms with van der Waals surface area (Å²) in [5.74, 6) is 0. The van der Waals surface area contributed by atoms with Gasteiger partial charge >= 0.3 is 5.69 Å². The van der Waals surface area contributed by atoms with Crippen molar-refractivity contribution >= 4 is 26.8 Å². The van der Waals surface area contributed by atoms with Crippen LogP contribution in [0, 0.1) is 0 Å². The maximum atomic E-state index is 12.7. The summed E-state index contributed by atoms with van der Waals surface area (Å²) >= 11 is 3.44. The molecule has 0 amide bonds. The maximum Gasteiger partial charge on any atom is 0.333 e. The monoisotopic (exact) mass is 379 g/mol. The average molecular weight is 380 g/mol. The predicted octanol–water partition coefficient (Wildman–Crippen LogP) is 4.00. The Labute approximate surface area is 147 Å². The van der Waals surface area contributed by atoms with Gasteiger partial charge < -0.3 is 0 Å². The second-order valence-corrected chi connectivity index (χ2v) is 6.46. The Morgan fingerprint density at radius 3 is 2.75 bits per heavy atom. The van der Waals surface area contributed by atoms with Crippen molar-refractivity contribution in [3.8, 4) is 5.69 Å². The van der Waals surface area contributed by atoms with Crippen LogP contribution >= 0.6 is 15.9 Å². The first-order valence-corrected chi connectivity index (χ1v) is 8.38. The van der Waals surface area contributed by atoms with Crippen LogP contribution < -0.4 is 5.69 Å². The third-order valence-electron chi connectivity index (χ3n) is 4.01. The van der Waals surface area contributed by atoms with E-state index in [1.807, 2.05) is 60.8 Å². The number of hydrogen-bond donors (Lipinski definition) is 0. The standard InChI is InChI=1S/C19H14BrN3O/c20-15-5-2-6-16(12-15)23-11-10-22(19(23)24)13-14-4-1-8-18-17(14)7-3-9-21-18/h1-12H,13H2. The van der Waals surface area contributed by atoms with Crippen molar-refractivity contribution in [1.82, 2.24) is 14.1 Å². The van der Waals surface area contributed by atoms with Gasteiger partial charge in [-0.2, -0.15) is 0 Å². The molecule has 0 radical (unpaired) electrons. The lowest BCUT2D eigenvalue weighted by atomic mass is 10.1. The smallest absolute Gasteiger partial charge is 0.294 e. The SMILES string of the molecule is O=c1n(Cc2cccc3ncccc23)ccn1-c1cccc(Br)c1. The van der Waals surface area contributed by atoms with E-state index in [-0.39, 0.29) is 5.69 Å². The fraction of sp³-hybridized carbons (Fsp3) is 0.0526. The molecule has 2 heterocycles. The minimum atomic E-state index is -0.0611. The molecular formula is C19H14BrN3O. The van der Waals surface area contributed by atoms with E-state index in [0.29, 0.717) is 6.54 Å². The first-order chi connectivity index (χ1) is 11.7. The Kier molecular flexibility index (Phi) is 3.78. The fourth-order valence-electron chi connectivity index (χ4n) is 2.84. The topological polar surface area (TPSA) is 39.8 Å². The number of hydrogen-bond acceptors (Lipinski definition) is 2. The maximum absolute atomic E-state index is 12.7. The number of halogens is 1. The Morgan fingerprint density at radius 2 is 1.88 bits per heavy atom. The molecule has 0 unspecified atom stereocenters. The Morgan fingerprint density at radius 1 is 1.00 bits per heavy atom. The minimum Gasteiger partial charge on any atom is -0.294 e. The molecule has 0 saturated heterocycles. The van der Waals surface area contributed by atoms with E-state index >= 15 is 0 Å². The van der Waals surface area contributed by atoms with Gasteiger partial charge in [0, 0.05) is 28.4 Å². The van der Waals surface area contributed by atoms with Crippen LogP contribution in [0.25, 0.3) is 16.6 Å². The van der Waals surface area contributed by atoms with Crippen LogP contribution in [0.4, 0.5) is 0 Å². The van der Waals surface area contributed by atoms with Gasteiger partial charge in [-0.25, -0.2) is 4.79 Å². The van der Waals surface area contributed by atoms with E-state index in [2.05, 4.69) is 20.9 Å². The molecule has 2 aromatic heterocycles. The summed E-state index contributed by atoms with van der Waals surface area (Å²) in [6.45, 7) is 0.517. The summed E-state index contributed by atoms with van der Waals surface area (Å²) in [6, 6.07) is 17.6. The first kappa shape index (κ1) is 14.9. The van der Waals surface area contributed by atoms with Crippen LogP contribution in [0.3, 0.4) is 0 Å². The van der Waals surface area contributed by atoms with Crippen LogP contribution in [0.2, 0.25) is 0 Å². The van der Waals surface area contributed by atoms with Gasteiger partial charge in [0.2, 0.25) is 0 Å². The van der Waals surface area contributed by atoms with Crippen molar-refractivity contribution in [2.24, 2.45) is 0 Å². The summed E-state index contributed by atoms with van der Waals surface area (Å²) in [7, 11) is 0. The molecule has 0 atom stereocenters. The van der Waals surface area contributed by atoms with E-state index in [1.54, 1.807) is 21.5 Å². The molecule has 0 aliphatic rings. The molecule has 4 nitrogen and oxygen atoms in total. The first-order valence-electron chi connectivity index (χ1n) is 7.59. The molecule has 2 aromatic carbocycles. The number of benzene rings is 2. The lowest BCUT2D eigenvalue weighted by molar-refractivity contribution is 0.746. The third-order valence-corrected chi connectivity index (χ3v) is 4.50. The van der Waals surface area contributed by atoms with Crippen molar-refractivity contribution in [3.63, 3.8) is 0 Å². The molecule has 118 valence electrons. The van der Waals surface area contributed by atoms with E-state index in [1.165, 1.54) is 0 Å². The van der Waals surface area contributed by atoms with Gasteiger partial charge in [0.15, 0.2) is 0 Å². The number of rotatable bonds is 3. The third kappa shape index (κ3) is 2.67. The van der Waals surface area contributed by atoms with Crippen LogP contribution in [0.15, 0.2) is 82.5 Å². The molecule has 4 aromatic rings. The molecule has 24 heavy (non-hydrogen) atoms. The van der Waals surface area contributed by atoms with Gasteiger partial charge in [-0.3, -0.25) is 14.1 Å². The number of fused-ring (bicyclic) bond motifs is 1. The van der Waals surface area contributed by atoms with Gasteiger partial charge in [0.25, 0.3) is 0 Å². The van der Waals surface area contributed by atoms with Crippen molar-refractivity contribution in [2.45, 2.75) is 6.54 Å². The predicted molar refractivity (Wildman–Crippen MR) is 98.6 cm³/mol. The van der Waals surface area contributed by atoms with Gasteiger partial charge in [0.1, 0.15) is 0 Å². The van der Waals surface area contributed by atoms with E-state index in [9.17, 15) is 4.79 Å². The summed E-state index contributed by atoms with van der Waals surface area (Å²) in [5, 5.41) is 1.07. The zero-order valence-corrected chi connectivity index (χ0v) is 14.3. The van der Waals surface area contributed by atoms with Crippen molar-refractivity contribution < 1.29 is 0 Å². The van der Waals surface area contributed by atoms with Crippen molar-refractivity contribution in [3.05, 3.63) is 93.7 Å². The number of nitrogens with zero attached hydrogens (tertiary/aromatic N) is 3. The second-order valence-electron chi connectivity index (χ2n) is 5.55. The lowest BCUT2D eigenvalue weighted by Crippen LogP contribution is -2.23. The highest BCUT2D eigenvalue weighted by atomic mass is 79.9. The highest BCUT2D eigenvalue weighted by Gasteiger charge is 2.08. The van der Waals surface area contributed by atoms with Crippen LogP contribution in [-0.2, 0) is 6.54 Å². The summed E-state index contributed by atoms with van der Waals surface area (Å²) in [5.41, 5.74) is 2.80. The Bertz CT molecular complexity index is 1080. The van der Waals surface area contributed by atoms with Gasteiger partial charge in [-0.05, 0) is 35.9 Å². The Balaban J connectivity index is 1.75. The second kappa shape index (κ2) is 6.09. The average Bonchev–Trinajstić information content (AvgIpc) is 2.96. The molecule has 0 saturated carbocycles. The highest BCUT2D eigenvalue weighted by molar-refractivity contribution is 9.10. The number of aromatic nitrogens is 3. The minimum absolute atomic E-state index is 0.0611. The number of imidazole rings is 1. The molecule has 4 rings (SSSR count). The fourth-order valence-corrected chi connectivity index (χ4v) is 3.23. The van der Waals surface area contributed by atoms with Gasteiger partial charge in [-0.15, -0.1) is 0 Å². The van der Waals surface area contributed by atoms with Gasteiger partial charge in [-0.1, -0.05) is 40.2 Å². The van der Waals surface area contributed by atoms with E-state index < -0.39 is 0 Å². The highest BCUT2D eigenvalue weighted by Crippen LogP contribution is 2.18. The summed E-state index contributed by atoms with van der Waals surface area (Å²) in [4.78, 5) is 17.1. The zero-order valence-electron chi connectivity index (χ0n) is 12.8. The lowest BCUT2D eigenvalue weighted by Gasteiger charge is -2.06. The quantitative estimate of drug-likeness (QED) is 0.539. The normalized spacial score (nSPS) is 11.0. The van der Waals surface area contributed by atoms with Gasteiger partial charge in [0.05, 0.1) is 17.7 Å². The molecule has 0 fully saturated rings. The van der Waals surface area contributed by atoms with Crippen molar-refractivity contribution in [1.29, 1.82) is 0 Å². The molecule has 0 N–H and O–H groups in total. The van der Waals surface area contributed by atoms with Crippen LogP contribution in [-0.4, -0.2) is 14.1 Å². The molecule has 0 aliphatic carbocycles. The zero-order chi connectivity index (χ0) is 16.5. The van der Waals surface area contributed by atoms with E-state index in [0.717, 1.165) is 26.6 Å². The van der Waals surface area contributed by atoms with Crippen LogP contribution in [0.1, 0.15) is 5.56 Å².